The van der Waals surface area contributed by atoms with Gasteiger partial charge in [-0.3, -0.25) is 4.79 Å². The van der Waals surface area contributed by atoms with Gasteiger partial charge in [-0.2, -0.15) is 9.67 Å². The molecule has 5 heteroatoms. The summed E-state index contributed by atoms with van der Waals surface area (Å²) >= 11 is 0. The number of aromatic nitrogens is 3. The lowest BCUT2D eigenvalue weighted by atomic mass is 10.1. The molecule has 0 fully saturated rings. The number of carbonyl (C=O) groups excluding carboxylic acids is 1. The lowest BCUT2D eigenvalue weighted by Crippen LogP contribution is -2.05. The van der Waals surface area contributed by atoms with E-state index < -0.39 is 0 Å². The molecule has 132 valence electrons. The van der Waals surface area contributed by atoms with Crippen molar-refractivity contribution in [1.29, 1.82) is 0 Å². The van der Waals surface area contributed by atoms with Crippen LogP contribution in [0.25, 0.3) is 5.69 Å². The number of ketones is 1. The van der Waals surface area contributed by atoms with Gasteiger partial charge in [0, 0.05) is 11.3 Å². The molecule has 1 heterocycles. The van der Waals surface area contributed by atoms with Gasteiger partial charge in [-0.05, 0) is 31.2 Å². The number of benzene rings is 3. The van der Waals surface area contributed by atoms with Gasteiger partial charge in [-0.15, -0.1) is 5.10 Å². The molecule has 0 unspecified atom stereocenters. The molecule has 0 saturated carbocycles. The Morgan fingerprint density at radius 2 is 1.48 bits per heavy atom. The normalized spacial score (nSPS) is 10.6. The van der Waals surface area contributed by atoms with Crippen molar-refractivity contribution in [2.45, 2.75) is 6.92 Å². The molecule has 4 rings (SSSR count). The van der Waals surface area contributed by atoms with Gasteiger partial charge in [0.15, 0.2) is 0 Å². The number of hydrogen-bond donors (Lipinski definition) is 1. The van der Waals surface area contributed by atoms with Crippen LogP contribution in [0.15, 0.2) is 84.9 Å². The smallest absolute Gasteiger partial charge is 0.232 e. The van der Waals surface area contributed by atoms with Crippen LogP contribution in [0.3, 0.4) is 0 Å². The largest absolute Gasteiger partial charge is 0.324 e. The summed E-state index contributed by atoms with van der Waals surface area (Å²) in [5, 5.41) is 7.73. The second kappa shape index (κ2) is 7.25. The highest BCUT2D eigenvalue weighted by Crippen LogP contribution is 2.20. The molecule has 0 aliphatic carbocycles. The van der Waals surface area contributed by atoms with E-state index in [1.165, 1.54) is 5.56 Å². The van der Waals surface area contributed by atoms with Crippen LogP contribution < -0.4 is 5.32 Å². The molecule has 0 amide bonds. The molecule has 0 radical (unpaired) electrons. The van der Waals surface area contributed by atoms with E-state index in [1.54, 1.807) is 16.8 Å². The number of nitrogens with zero attached hydrogens (tertiary/aromatic N) is 3. The van der Waals surface area contributed by atoms with E-state index in [0.717, 1.165) is 11.4 Å². The Hall–Kier alpha value is -3.73. The minimum atomic E-state index is -0.211. The lowest BCUT2D eigenvalue weighted by molar-refractivity contribution is 0.102. The Morgan fingerprint density at radius 1 is 0.852 bits per heavy atom. The minimum absolute atomic E-state index is 0.152. The SMILES string of the molecule is Cc1ccc(Nc2nc(C(=O)c3ccccc3)nn2-c2ccccc2)cc1. The molecule has 0 aliphatic rings. The first-order valence-corrected chi connectivity index (χ1v) is 8.66. The lowest BCUT2D eigenvalue weighted by Gasteiger charge is -2.08. The average Bonchev–Trinajstić information content (AvgIpc) is 3.14. The van der Waals surface area contributed by atoms with Gasteiger partial charge >= 0.3 is 0 Å². The molecule has 1 N–H and O–H groups in total. The van der Waals surface area contributed by atoms with E-state index >= 15 is 0 Å². The molecule has 0 atom stereocenters. The fraction of sp³-hybridized carbons (Fsp3) is 0.0455. The minimum Gasteiger partial charge on any atom is -0.324 e. The van der Waals surface area contributed by atoms with E-state index in [2.05, 4.69) is 15.4 Å². The third-order valence-electron chi connectivity index (χ3n) is 4.15. The van der Waals surface area contributed by atoms with Gasteiger partial charge in [0.25, 0.3) is 0 Å². The van der Waals surface area contributed by atoms with Crippen molar-refractivity contribution in [3.05, 3.63) is 102 Å². The predicted octanol–water partition coefficient (Wildman–Crippen LogP) is 4.55. The summed E-state index contributed by atoms with van der Waals surface area (Å²) in [6.45, 7) is 2.03. The van der Waals surface area contributed by atoms with Crippen molar-refractivity contribution < 1.29 is 4.79 Å². The van der Waals surface area contributed by atoms with Crippen LogP contribution in [0.5, 0.6) is 0 Å². The van der Waals surface area contributed by atoms with E-state index in [9.17, 15) is 4.79 Å². The molecule has 27 heavy (non-hydrogen) atoms. The monoisotopic (exact) mass is 354 g/mol. The average molecular weight is 354 g/mol. The number of rotatable bonds is 5. The summed E-state index contributed by atoms with van der Waals surface area (Å²) in [5.41, 5.74) is 3.44. The molecular weight excluding hydrogens is 336 g/mol. The summed E-state index contributed by atoms with van der Waals surface area (Å²) in [5.74, 6) is 0.432. The van der Waals surface area contributed by atoms with Crippen molar-refractivity contribution in [1.82, 2.24) is 14.8 Å². The maximum atomic E-state index is 12.8. The third-order valence-corrected chi connectivity index (χ3v) is 4.15. The molecule has 1 aromatic heterocycles. The van der Waals surface area contributed by atoms with Gasteiger partial charge < -0.3 is 5.32 Å². The summed E-state index contributed by atoms with van der Waals surface area (Å²) in [6, 6.07) is 26.6. The molecule has 3 aromatic carbocycles. The molecule has 0 bridgehead atoms. The number of nitrogens with one attached hydrogen (secondary N) is 1. The van der Waals surface area contributed by atoms with Gasteiger partial charge in [0.1, 0.15) is 0 Å². The van der Waals surface area contributed by atoms with Crippen LogP contribution in [-0.2, 0) is 0 Å². The molecule has 5 nitrogen and oxygen atoms in total. The summed E-state index contributed by atoms with van der Waals surface area (Å²) in [6.07, 6.45) is 0. The summed E-state index contributed by atoms with van der Waals surface area (Å²) in [7, 11) is 0. The molecule has 0 saturated heterocycles. The van der Waals surface area contributed by atoms with E-state index in [4.69, 9.17) is 0 Å². The highest BCUT2D eigenvalue weighted by atomic mass is 16.1. The Bertz CT molecular complexity index is 1050. The van der Waals surface area contributed by atoms with Gasteiger partial charge in [-0.1, -0.05) is 66.2 Å². The first kappa shape index (κ1) is 16.7. The van der Waals surface area contributed by atoms with Crippen molar-refractivity contribution in [3.63, 3.8) is 0 Å². The van der Waals surface area contributed by atoms with Crippen LogP contribution >= 0.6 is 0 Å². The summed E-state index contributed by atoms with van der Waals surface area (Å²) < 4.78 is 1.65. The topological polar surface area (TPSA) is 59.8 Å². The Kier molecular flexibility index (Phi) is 4.49. The van der Waals surface area contributed by atoms with Crippen LogP contribution in [0, 0.1) is 6.92 Å². The van der Waals surface area contributed by atoms with Gasteiger partial charge in [0.2, 0.25) is 17.6 Å². The van der Waals surface area contributed by atoms with Crippen LogP contribution in [-0.4, -0.2) is 20.5 Å². The maximum Gasteiger partial charge on any atom is 0.232 e. The van der Waals surface area contributed by atoms with Crippen LogP contribution in [0.1, 0.15) is 21.7 Å². The van der Waals surface area contributed by atoms with Crippen molar-refractivity contribution in [2.75, 3.05) is 5.32 Å². The Morgan fingerprint density at radius 3 is 2.15 bits per heavy atom. The number of anilines is 2. The van der Waals surface area contributed by atoms with Gasteiger partial charge in [0.05, 0.1) is 5.69 Å². The van der Waals surface area contributed by atoms with E-state index in [-0.39, 0.29) is 11.6 Å². The second-order valence-corrected chi connectivity index (χ2v) is 6.19. The number of para-hydroxylation sites is 1. The third kappa shape index (κ3) is 3.62. The molecular formula is C22H18N4O. The Labute approximate surface area is 157 Å². The van der Waals surface area contributed by atoms with Crippen LogP contribution in [0.2, 0.25) is 0 Å². The zero-order chi connectivity index (χ0) is 18.6. The second-order valence-electron chi connectivity index (χ2n) is 6.19. The Balaban J connectivity index is 1.75. The highest BCUT2D eigenvalue weighted by molar-refractivity contribution is 6.06. The van der Waals surface area contributed by atoms with Crippen LogP contribution in [0.4, 0.5) is 11.6 Å². The highest BCUT2D eigenvalue weighted by Gasteiger charge is 2.19. The summed E-state index contributed by atoms with van der Waals surface area (Å²) in [4.78, 5) is 17.2. The zero-order valence-electron chi connectivity index (χ0n) is 14.8. The molecule has 4 aromatic rings. The number of aryl methyl sites for hydroxylation is 1. The van der Waals surface area contributed by atoms with Crippen molar-refractivity contribution >= 4 is 17.4 Å². The fourth-order valence-corrected chi connectivity index (χ4v) is 2.72. The quantitative estimate of drug-likeness (QED) is 0.534. The first-order valence-electron chi connectivity index (χ1n) is 8.66. The molecule has 0 spiro atoms. The van der Waals surface area contributed by atoms with Gasteiger partial charge in [-0.25, -0.2) is 0 Å². The first-order chi connectivity index (χ1) is 13.2. The maximum absolute atomic E-state index is 12.8. The zero-order valence-corrected chi connectivity index (χ0v) is 14.8. The fourth-order valence-electron chi connectivity index (χ4n) is 2.72. The van der Waals surface area contributed by atoms with Crippen molar-refractivity contribution in [3.8, 4) is 5.69 Å². The molecule has 0 aliphatic heterocycles. The predicted molar refractivity (Wildman–Crippen MR) is 106 cm³/mol. The number of carbonyl (C=O) groups is 1. The standard InChI is InChI=1S/C22H18N4O/c1-16-12-14-18(15-13-16)23-22-24-21(20(27)17-8-4-2-5-9-17)25-26(22)19-10-6-3-7-11-19/h2-15H,1H3,(H,23,24,25). The van der Waals surface area contributed by atoms with E-state index in [1.807, 2.05) is 79.7 Å². The number of hydrogen-bond acceptors (Lipinski definition) is 4. The van der Waals surface area contributed by atoms with Crippen molar-refractivity contribution in [2.24, 2.45) is 0 Å². The van der Waals surface area contributed by atoms with E-state index in [0.29, 0.717) is 11.5 Å².